The second-order valence-corrected chi connectivity index (χ2v) is 3.16. The molecule has 0 amide bonds. The van der Waals surface area contributed by atoms with Crippen LogP contribution in [0.2, 0.25) is 0 Å². The minimum absolute atomic E-state index is 0.504. The molecule has 1 fully saturated rings. The molecule has 0 saturated heterocycles. The van der Waals surface area contributed by atoms with Crippen LogP contribution in [0.15, 0.2) is 6.07 Å². The van der Waals surface area contributed by atoms with Gasteiger partial charge in [-0.05, 0) is 25.8 Å². The zero-order valence-corrected chi connectivity index (χ0v) is 6.95. The number of aryl methyl sites for hydroxylation is 1. The Morgan fingerprint density at radius 1 is 1.50 bits per heavy atom. The molecule has 1 aliphatic rings. The van der Waals surface area contributed by atoms with Crippen molar-refractivity contribution in [2.75, 3.05) is 0 Å². The molecule has 1 saturated carbocycles. The molecular formula is C9H10N2O. The van der Waals surface area contributed by atoms with Gasteiger partial charge < -0.3 is 0 Å². The number of rotatable bonds is 2. The second kappa shape index (κ2) is 2.66. The summed E-state index contributed by atoms with van der Waals surface area (Å²) in [6, 6.07) is 1.79. The number of hydrogen-bond acceptors (Lipinski definition) is 3. The predicted molar refractivity (Wildman–Crippen MR) is 44.1 cm³/mol. The molecule has 0 spiro atoms. The molecule has 1 aliphatic carbocycles. The number of hydrogen-bond donors (Lipinski definition) is 0. The molecule has 0 bridgehead atoms. The van der Waals surface area contributed by atoms with E-state index in [0.29, 0.717) is 17.4 Å². The van der Waals surface area contributed by atoms with E-state index in [0.717, 1.165) is 12.0 Å². The molecule has 0 aliphatic heterocycles. The Bertz CT molecular complexity index is 318. The van der Waals surface area contributed by atoms with Gasteiger partial charge in [0, 0.05) is 11.6 Å². The van der Waals surface area contributed by atoms with Gasteiger partial charge in [-0.2, -0.15) is 0 Å². The summed E-state index contributed by atoms with van der Waals surface area (Å²) in [5, 5.41) is 0. The number of nitrogens with zero attached hydrogens (tertiary/aromatic N) is 2. The molecule has 0 radical (unpaired) electrons. The lowest BCUT2D eigenvalue weighted by molar-refractivity contribution is 0.111. The van der Waals surface area contributed by atoms with Crippen molar-refractivity contribution >= 4 is 6.29 Å². The van der Waals surface area contributed by atoms with Crippen LogP contribution in [-0.2, 0) is 0 Å². The highest BCUT2D eigenvalue weighted by atomic mass is 16.1. The van der Waals surface area contributed by atoms with Crippen molar-refractivity contribution in [2.45, 2.75) is 25.7 Å². The average molecular weight is 162 g/mol. The molecule has 3 heteroatoms. The highest BCUT2D eigenvalue weighted by molar-refractivity contribution is 5.71. The Kier molecular flexibility index (Phi) is 1.64. The van der Waals surface area contributed by atoms with Crippen molar-refractivity contribution in [3.8, 4) is 0 Å². The topological polar surface area (TPSA) is 42.9 Å². The number of carbonyl (C=O) groups excluding carboxylic acids is 1. The van der Waals surface area contributed by atoms with Crippen molar-refractivity contribution in [1.29, 1.82) is 0 Å². The monoisotopic (exact) mass is 162 g/mol. The highest BCUT2D eigenvalue weighted by Gasteiger charge is 2.25. The van der Waals surface area contributed by atoms with Crippen LogP contribution in [0.3, 0.4) is 0 Å². The van der Waals surface area contributed by atoms with Gasteiger partial charge in [-0.1, -0.05) is 0 Å². The zero-order chi connectivity index (χ0) is 8.55. The molecule has 3 nitrogen and oxygen atoms in total. The predicted octanol–water partition coefficient (Wildman–Crippen LogP) is 1.47. The normalized spacial score (nSPS) is 16.1. The summed E-state index contributed by atoms with van der Waals surface area (Å²) in [7, 11) is 0. The van der Waals surface area contributed by atoms with Crippen LogP contribution in [0.5, 0.6) is 0 Å². The smallest absolute Gasteiger partial charge is 0.168 e. The fourth-order valence-corrected chi connectivity index (χ4v) is 1.26. The second-order valence-electron chi connectivity index (χ2n) is 3.16. The molecule has 1 heterocycles. The molecule has 1 aromatic rings. The summed E-state index contributed by atoms with van der Waals surface area (Å²) >= 11 is 0. The summed E-state index contributed by atoms with van der Waals surface area (Å²) in [6.45, 7) is 1.82. The average Bonchev–Trinajstić information content (AvgIpc) is 2.85. The van der Waals surface area contributed by atoms with Crippen LogP contribution in [0, 0.1) is 6.92 Å². The van der Waals surface area contributed by atoms with Crippen LogP contribution < -0.4 is 0 Å². The highest BCUT2D eigenvalue weighted by Crippen LogP contribution is 2.38. The van der Waals surface area contributed by atoms with E-state index < -0.39 is 0 Å². The zero-order valence-electron chi connectivity index (χ0n) is 6.95. The van der Waals surface area contributed by atoms with Crippen LogP contribution >= 0.6 is 0 Å². The van der Waals surface area contributed by atoms with Crippen LogP contribution in [0.4, 0.5) is 0 Å². The standard InChI is InChI=1S/C9H10N2O/c1-6-10-8(5-12)4-9(11-6)7-2-3-7/h4-5,7H,2-3H2,1H3. The molecule has 2 rings (SSSR count). The number of aromatic nitrogens is 2. The van der Waals surface area contributed by atoms with E-state index in [1.807, 2.05) is 6.92 Å². The van der Waals surface area contributed by atoms with Gasteiger partial charge in [0.2, 0.25) is 0 Å². The third-order valence-corrected chi connectivity index (χ3v) is 1.99. The van der Waals surface area contributed by atoms with Crippen molar-refractivity contribution in [3.05, 3.63) is 23.3 Å². The fraction of sp³-hybridized carbons (Fsp3) is 0.444. The lowest BCUT2D eigenvalue weighted by Crippen LogP contribution is -1.97. The SMILES string of the molecule is Cc1nc(C=O)cc(C2CC2)n1. The minimum atomic E-state index is 0.504. The third kappa shape index (κ3) is 1.35. The van der Waals surface area contributed by atoms with E-state index in [2.05, 4.69) is 9.97 Å². The summed E-state index contributed by atoms with van der Waals surface area (Å²) in [5.41, 5.74) is 1.54. The fourth-order valence-electron chi connectivity index (χ4n) is 1.26. The maximum absolute atomic E-state index is 10.5. The summed E-state index contributed by atoms with van der Waals surface area (Å²) in [6.07, 6.45) is 3.18. The van der Waals surface area contributed by atoms with E-state index in [1.54, 1.807) is 6.07 Å². The van der Waals surface area contributed by atoms with Crippen LogP contribution in [-0.4, -0.2) is 16.3 Å². The van der Waals surface area contributed by atoms with Crippen LogP contribution in [0.1, 0.15) is 40.8 Å². The number of aldehydes is 1. The Labute approximate surface area is 70.9 Å². The molecule has 1 aromatic heterocycles. The van der Waals surface area contributed by atoms with Gasteiger partial charge in [-0.15, -0.1) is 0 Å². The van der Waals surface area contributed by atoms with E-state index in [9.17, 15) is 4.79 Å². The van der Waals surface area contributed by atoms with Gasteiger partial charge in [0.05, 0.1) is 0 Å². The van der Waals surface area contributed by atoms with E-state index >= 15 is 0 Å². The molecule has 62 valence electrons. The number of carbonyl (C=O) groups is 1. The van der Waals surface area contributed by atoms with Crippen molar-refractivity contribution in [2.24, 2.45) is 0 Å². The van der Waals surface area contributed by atoms with Gasteiger partial charge in [0.15, 0.2) is 6.29 Å². The molecule has 0 unspecified atom stereocenters. The van der Waals surface area contributed by atoms with E-state index in [-0.39, 0.29) is 0 Å². The first kappa shape index (κ1) is 7.40. The molecule has 0 atom stereocenters. The molecule has 0 aromatic carbocycles. The Morgan fingerprint density at radius 2 is 2.25 bits per heavy atom. The molecule has 12 heavy (non-hydrogen) atoms. The van der Waals surface area contributed by atoms with Crippen molar-refractivity contribution in [1.82, 2.24) is 9.97 Å². The van der Waals surface area contributed by atoms with E-state index in [1.165, 1.54) is 12.8 Å². The molecule has 0 N–H and O–H groups in total. The van der Waals surface area contributed by atoms with Crippen LogP contribution in [0.25, 0.3) is 0 Å². The first-order valence-electron chi connectivity index (χ1n) is 4.10. The largest absolute Gasteiger partial charge is 0.296 e. The van der Waals surface area contributed by atoms with Gasteiger partial charge in [0.1, 0.15) is 11.5 Å². The third-order valence-electron chi connectivity index (χ3n) is 1.99. The van der Waals surface area contributed by atoms with Crippen molar-refractivity contribution in [3.63, 3.8) is 0 Å². The summed E-state index contributed by atoms with van der Waals surface area (Å²) in [5.74, 6) is 1.28. The first-order chi connectivity index (χ1) is 5.79. The van der Waals surface area contributed by atoms with Crippen molar-refractivity contribution < 1.29 is 4.79 Å². The molecular weight excluding hydrogens is 152 g/mol. The quantitative estimate of drug-likeness (QED) is 0.618. The summed E-state index contributed by atoms with van der Waals surface area (Å²) in [4.78, 5) is 18.7. The Balaban J connectivity index is 2.40. The van der Waals surface area contributed by atoms with Gasteiger partial charge in [-0.25, -0.2) is 9.97 Å². The Morgan fingerprint density at radius 3 is 2.83 bits per heavy atom. The van der Waals surface area contributed by atoms with Gasteiger partial charge in [-0.3, -0.25) is 4.79 Å². The maximum atomic E-state index is 10.5. The maximum Gasteiger partial charge on any atom is 0.168 e. The Hall–Kier alpha value is -1.25. The lowest BCUT2D eigenvalue weighted by Gasteiger charge is -1.99. The van der Waals surface area contributed by atoms with Gasteiger partial charge >= 0.3 is 0 Å². The van der Waals surface area contributed by atoms with Gasteiger partial charge in [0.25, 0.3) is 0 Å². The first-order valence-corrected chi connectivity index (χ1v) is 4.10. The lowest BCUT2D eigenvalue weighted by atomic mass is 10.2. The van der Waals surface area contributed by atoms with E-state index in [4.69, 9.17) is 0 Å². The summed E-state index contributed by atoms with van der Waals surface area (Å²) < 4.78 is 0. The minimum Gasteiger partial charge on any atom is -0.296 e.